The van der Waals surface area contributed by atoms with E-state index in [9.17, 15) is 13.0 Å². The zero-order chi connectivity index (χ0) is 17.5. The van der Waals surface area contributed by atoms with E-state index in [2.05, 4.69) is 19.9 Å². The molecule has 0 saturated carbocycles. The van der Waals surface area contributed by atoms with Crippen molar-refractivity contribution in [2.45, 2.75) is 64.2 Å². The van der Waals surface area contributed by atoms with Gasteiger partial charge in [0.15, 0.2) is 0 Å². The molecule has 126 valence electrons. The van der Waals surface area contributed by atoms with E-state index in [-0.39, 0.29) is 46.3 Å². The standard InChI is InChI=1S/C19H26O3S.Na/c1-11(2)14-8-7-9-15-17(14)10-16(12(3)4)19(23(20,21)22)18(15)13(5)6;/h7-13H,1-6H3,(H,20,21,22);/q;+1/p-1. The van der Waals surface area contributed by atoms with Gasteiger partial charge >= 0.3 is 29.6 Å². The van der Waals surface area contributed by atoms with Crippen molar-refractivity contribution in [3.8, 4) is 0 Å². The fourth-order valence-electron chi connectivity index (χ4n) is 3.26. The van der Waals surface area contributed by atoms with Crippen molar-refractivity contribution in [3.05, 3.63) is 41.0 Å². The van der Waals surface area contributed by atoms with Gasteiger partial charge in [0.1, 0.15) is 10.1 Å². The van der Waals surface area contributed by atoms with E-state index < -0.39 is 10.1 Å². The zero-order valence-electron chi connectivity index (χ0n) is 15.7. The van der Waals surface area contributed by atoms with Crippen LogP contribution in [0.3, 0.4) is 0 Å². The monoisotopic (exact) mass is 356 g/mol. The molecule has 2 rings (SSSR count). The molecule has 0 spiro atoms. The van der Waals surface area contributed by atoms with Gasteiger partial charge in [0, 0.05) is 0 Å². The molecule has 2 aromatic carbocycles. The molecule has 5 heteroatoms. The van der Waals surface area contributed by atoms with E-state index in [1.807, 2.05) is 45.9 Å². The fraction of sp³-hybridized carbons (Fsp3) is 0.474. The predicted octanol–water partition coefficient (Wildman–Crippen LogP) is 2.12. The molecule has 0 amide bonds. The summed E-state index contributed by atoms with van der Waals surface area (Å²) in [6, 6.07) is 7.85. The minimum Gasteiger partial charge on any atom is -0.744 e. The summed E-state index contributed by atoms with van der Waals surface area (Å²) in [6.45, 7) is 12.0. The molecule has 24 heavy (non-hydrogen) atoms. The van der Waals surface area contributed by atoms with Crippen LogP contribution in [0.5, 0.6) is 0 Å². The van der Waals surface area contributed by atoms with Crippen LogP contribution in [0, 0.1) is 0 Å². The Morgan fingerprint density at radius 2 is 1.38 bits per heavy atom. The van der Waals surface area contributed by atoms with E-state index in [1.165, 1.54) is 5.56 Å². The molecule has 0 radical (unpaired) electrons. The molecule has 0 heterocycles. The van der Waals surface area contributed by atoms with Crippen LogP contribution in [-0.4, -0.2) is 13.0 Å². The van der Waals surface area contributed by atoms with E-state index in [1.54, 1.807) is 0 Å². The van der Waals surface area contributed by atoms with Gasteiger partial charge in [-0.15, -0.1) is 0 Å². The molecule has 0 unspecified atom stereocenters. The molecule has 0 saturated heterocycles. The number of benzene rings is 2. The van der Waals surface area contributed by atoms with Crippen molar-refractivity contribution < 1.29 is 42.5 Å². The van der Waals surface area contributed by atoms with Crippen LogP contribution in [0.2, 0.25) is 0 Å². The molecular weight excluding hydrogens is 331 g/mol. The van der Waals surface area contributed by atoms with Gasteiger partial charge in [-0.1, -0.05) is 59.7 Å². The van der Waals surface area contributed by atoms with Gasteiger partial charge in [0.05, 0.1) is 4.90 Å². The second kappa shape index (κ2) is 7.88. The minimum absolute atomic E-state index is 0. The van der Waals surface area contributed by atoms with E-state index in [0.29, 0.717) is 17.0 Å². The first-order chi connectivity index (χ1) is 10.6. The summed E-state index contributed by atoms with van der Waals surface area (Å²) in [6.07, 6.45) is 0. The summed E-state index contributed by atoms with van der Waals surface area (Å²) >= 11 is 0. The van der Waals surface area contributed by atoms with Crippen molar-refractivity contribution in [1.29, 1.82) is 0 Å². The maximum absolute atomic E-state index is 12.0. The molecule has 0 atom stereocenters. The molecule has 0 bridgehead atoms. The van der Waals surface area contributed by atoms with Crippen molar-refractivity contribution >= 4 is 20.9 Å². The van der Waals surface area contributed by atoms with Crippen molar-refractivity contribution in [1.82, 2.24) is 0 Å². The molecule has 0 aliphatic rings. The van der Waals surface area contributed by atoms with Crippen LogP contribution in [0.15, 0.2) is 29.2 Å². The smallest absolute Gasteiger partial charge is 0.744 e. The topological polar surface area (TPSA) is 57.2 Å². The van der Waals surface area contributed by atoms with E-state index in [4.69, 9.17) is 0 Å². The molecule has 0 aliphatic heterocycles. The van der Waals surface area contributed by atoms with Crippen LogP contribution < -0.4 is 29.6 Å². The summed E-state index contributed by atoms with van der Waals surface area (Å²) in [5, 5.41) is 1.94. The predicted molar refractivity (Wildman–Crippen MR) is 94.2 cm³/mol. The quantitative estimate of drug-likeness (QED) is 0.623. The van der Waals surface area contributed by atoms with Gasteiger partial charge in [-0.05, 0) is 51.3 Å². The number of fused-ring (bicyclic) bond motifs is 1. The van der Waals surface area contributed by atoms with Crippen molar-refractivity contribution in [2.24, 2.45) is 0 Å². The largest absolute Gasteiger partial charge is 1.00 e. The average Bonchev–Trinajstić information content (AvgIpc) is 2.42. The Bertz CT molecular complexity index is 837. The van der Waals surface area contributed by atoms with Crippen molar-refractivity contribution in [2.75, 3.05) is 0 Å². The third-order valence-electron chi connectivity index (χ3n) is 4.31. The Balaban J connectivity index is 0.00000288. The minimum atomic E-state index is -4.53. The Hall–Kier alpha value is -0.390. The zero-order valence-corrected chi connectivity index (χ0v) is 18.5. The first-order valence-electron chi connectivity index (χ1n) is 8.11. The molecule has 3 nitrogen and oxygen atoms in total. The molecule has 0 aliphatic carbocycles. The third kappa shape index (κ3) is 4.05. The normalized spacial score (nSPS) is 12.2. The SMILES string of the molecule is CC(C)c1cc2c(C(C)C)cccc2c(C(C)C)c1S(=O)(=O)[O-].[Na+]. The molecule has 2 aromatic rings. The molecule has 0 fully saturated rings. The van der Waals surface area contributed by atoms with Crippen LogP contribution >= 0.6 is 0 Å². The van der Waals surface area contributed by atoms with Crippen LogP contribution in [0.4, 0.5) is 0 Å². The van der Waals surface area contributed by atoms with Crippen LogP contribution in [-0.2, 0) is 10.1 Å². The van der Waals surface area contributed by atoms with E-state index >= 15 is 0 Å². The van der Waals surface area contributed by atoms with Gasteiger partial charge in [-0.2, -0.15) is 0 Å². The Labute approximate surface area is 167 Å². The van der Waals surface area contributed by atoms with Crippen LogP contribution in [0.1, 0.15) is 76.0 Å². The summed E-state index contributed by atoms with van der Waals surface area (Å²) in [4.78, 5) is -0.0177. The maximum Gasteiger partial charge on any atom is 1.00 e. The maximum atomic E-state index is 12.0. The van der Waals surface area contributed by atoms with Gasteiger partial charge in [0.25, 0.3) is 0 Å². The first-order valence-corrected chi connectivity index (χ1v) is 9.51. The van der Waals surface area contributed by atoms with Gasteiger partial charge in [0.2, 0.25) is 0 Å². The second-order valence-electron chi connectivity index (χ2n) is 7.07. The summed E-state index contributed by atoms with van der Waals surface area (Å²) in [5.74, 6) is 0.251. The first kappa shape index (κ1) is 21.7. The second-order valence-corrected chi connectivity index (χ2v) is 8.39. The van der Waals surface area contributed by atoms with Crippen molar-refractivity contribution in [3.63, 3.8) is 0 Å². The summed E-state index contributed by atoms with van der Waals surface area (Å²) in [7, 11) is -4.53. The van der Waals surface area contributed by atoms with Gasteiger partial charge in [-0.3, -0.25) is 0 Å². The molecule has 0 N–H and O–H groups in total. The Morgan fingerprint density at radius 3 is 1.79 bits per heavy atom. The number of hydrogen-bond donors (Lipinski definition) is 0. The summed E-state index contributed by atoms with van der Waals surface area (Å²) < 4.78 is 36.0. The number of rotatable bonds is 4. The molecule has 0 aromatic heterocycles. The Kier molecular flexibility index (Phi) is 7.11. The average molecular weight is 356 g/mol. The van der Waals surface area contributed by atoms with Gasteiger partial charge < -0.3 is 4.55 Å². The van der Waals surface area contributed by atoms with Crippen LogP contribution in [0.25, 0.3) is 10.8 Å². The number of hydrogen-bond acceptors (Lipinski definition) is 3. The Morgan fingerprint density at radius 1 is 0.833 bits per heavy atom. The summed E-state index contributed by atoms with van der Waals surface area (Å²) in [5.41, 5.74) is 2.47. The third-order valence-corrected chi connectivity index (χ3v) is 5.26. The van der Waals surface area contributed by atoms with Gasteiger partial charge in [-0.25, -0.2) is 8.42 Å². The van der Waals surface area contributed by atoms with E-state index in [0.717, 1.165) is 10.8 Å². The molecular formula is C19H25NaO3S. The fourth-order valence-corrected chi connectivity index (χ4v) is 4.46.